The van der Waals surface area contributed by atoms with Crippen LogP contribution < -0.4 is 5.73 Å². The van der Waals surface area contributed by atoms with Gasteiger partial charge in [-0.25, -0.2) is 0 Å². The second kappa shape index (κ2) is 4.36. The average Bonchev–Trinajstić information content (AvgIpc) is 2.67. The van der Waals surface area contributed by atoms with E-state index in [0.29, 0.717) is 4.88 Å². The zero-order chi connectivity index (χ0) is 9.84. The third-order valence-electron chi connectivity index (χ3n) is 1.65. The summed E-state index contributed by atoms with van der Waals surface area (Å²) in [5, 5.41) is 11.4. The number of carbonyl (C=O) groups is 1. The smallest absolute Gasteiger partial charge is 0.325 e. The molecule has 1 aromatic rings. The number of thiophene rings is 1. The highest BCUT2D eigenvalue weighted by Crippen LogP contribution is 2.21. The summed E-state index contributed by atoms with van der Waals surface area (Å²) < 4.78 is 4.41. The van der Waals surface area contributed by atoms with Gasteiger partial charge in [-0.15, -0.1) is 11.3 Å². The largest absolute Gasteiger partial charge is 0.468 e. The summed E-state index contributed by atoms with van der Waals surface area (Å²) in [7, 11) is 1.24. The van der Waals surface area contributed by atoms with Crippen molar-refractivity contribution >= 4 is 17.3 Å². The van der Waals surface area contributed by atoms with Gasteiger partial charge in [0.25, 0.3) is 0 Å². The highest BCUT2D eigenvalue weighted by atomic mass is 32.1. The molecule has 0 aliphatic carbocycles. The molecule has 1 rings (SSSR count). The number of methoxy groups -OCH3 is 1. The van der Waals surface area contributed by atoms with Gasteiger partial charge in [0.05, 0.1) is 7.11 Å². The van der Waals surface area contributed by atoms with Crippen molar-refractivity contribution in [1.29, 1.82) is 0 Å². The summed E-state index contributed by atoms with van der Waals surface area (Å²) in [5.41, 5.74) is 5.44. The maximum atomic E-state index is 10.9. The van der Waals surface area contributed by atoms with Crippen molar-refractivity contribution in [3.8, 4) is 0 Å². The highest BCUT2D eigenvalue weighted by Gasteiger charge is 2.25. The van der Waals surface area contributed by atoms with E-state index in [-0.39, 0.29) is 0 Å². The molecule has 0 bridgehead atoms. The van der Waals surface area contributed by atoms with Gasteiger partial charge in [0.15, 0.2) is 0 Å². The molecule has 1 aromatic heterocycles. The molecule has 0 aliphatic rings. The van der Waals surface area contributed by atoms with Gasteiger partial charge in [-0.2, -0.15) is 0 Å². The molecule has 5 heteroatoms. The fraction of sp³-hybridized carbons (Fsp3) is 0.375. The topological polar surface area (TPSA) is 72.5 Å². The SMILES string of the molecule is COC(=O)[C@H](N)[C@H](O)c1cccs1. The molecule has 0 radical (unpaired) electrons. The minimum atomic E-state index is -1.01. The fourth-order valence-electron chi connectivity index (χ4n) is 0.902. The van der Waals surface area contributed by atoms with Gasteiger partial charge < -0.3 is 15.6 Å². The van der Waals surface area contributed by atoms with Crippen LogP contribution in [0.1, 0.15) is 11.0 Å². The van der Waals surface area contributed by atoms with Crippen LogP contribution in [0.5, 0.6) is 0 Å². The Labute approximate surface area is 79.9 Å². The summed E-state index contributed by atoms with van der Waals surface area (Å²) in [4.78, 5) is 11.6. The van der Waals surface area contributed by atoms with Crippen molar-refractivity contribution in [2.24, 2.45) is 5.73 Å². The summed E-state index contributed by atoms with van der Waals surface area (Å²) in [6.07, 6.45) is -0.979. The van der Waals surface area contributed by atoms with Gasteiger partial charge in [-0.1, -0.05) is 6.07 Å². The number of esters is 1. The lowest BCUT2D eigenvalue weighted by Crippen LogP contribution is -2.37. The van der Waals surface area contributed by atoms with Crippen molar-refractivity contribution in [2.45, 2.75) is 12.1 Å². The summed E-state index contributed by atoms with van der Waals surface area (Å²) in [5.74, 6) is -0.610. The number of hydrogen-bond acceptors (Lipinski definition) is 5. The van der Waals surface area contributed by atoms with E-state index in [4.69, 9.17) is 5.73 Å². The summed E-state index contributed by atoms with van der Waals surface area (Å²) >= 11 is 1.35. The molecule has 72 valence electrons. The molecule has 0 spiro atoms. The molecule has 3 N–H and O–H groups in total. The van der Waals surface area contributed by atoms with Crippen LogP contribution in [0.3, 0.4) is 0 Å². The van der Waals surface area contributed by atoms with E-state index < -0.39 is 18.1 Å². The van der Waals surface area contributed by atoms with Crippen LogP contribution in [0.2, 0.25) is 0 Å². The lowest BCUT2D eigenvalue weighted by Gasteiger charge is -2.14. The Balaban J connectivity index is 2.68. The molecular formula is C8H11NO3S. The first-order chi connectivity index (χ1) is 6.16. The van der Waals surface area contributed by atoms with Gasteiger partial charge in [-0.05, 0) is 11.4 Å². The predicted octanol–water partition coefficient (Wildman–Crippen LogP) is 0.282. The molecule has 13 heavy (non-hydrogen) atoms. The number of rotatable bonds is 3. The Morgan fingerprint density at radius 3 is 2.92 bits per heavy atom. The third-order valence-corrected chi connectivity index (χ3v) is 2.59. The number of aliphatic hydroxyl groups is 1. The minimum Gasteiger partial charge on any atom is -0.468 e. The molecule has 0 saturated heterocycles. The monoisotopic (exact) mass is 201 g/mol. The molecule has 1 heterocycles. The first-order valence-electron chi connectivity index (χ1n) is 3.71. The Morgan fingerprint density at radius 2 is 2.46 bits per heavy atom. The lowest BCUT2D eigenvalue weighted by atomic mass is 10.1. The molecule has 4 nitrogen and oxygen atoms in total. The van der Waals surface area contributed by atoms with Crippen LogP contribution in [0.25, 0.3) is 0 Å². The Hall–Kier alpha value is -0.910. The molecule has 0 unspecified atom stereocenters. The van der Waals surface area contributed by atoms with Gasteiger partial charge in [-0.3, -0.25) is 4.79 Å². The van der Waals surface area contributed by atoms with Crippen molar-refractivity contribution in [2.75, 3.05) is 7.11 Å². The van der Waals surface area contributed by atoms with Crippen molar-refractivity contribution in [1.82, 2.24) is 0 Å². The van der Waals surface area contributed by atoms with E-state index in [9.17, 15) is 9.90 Å². The number of ether oxygens (including phenoxy) is 1. The third kappa shape index (κ3) is 2.27. The van der Waals surface area contributed by atoms with E-state index in [0.717, 1.165) is 0 Å². The van der Waals surface area contributed by atoms with Crippen LogP contribution in [-0.4, -0.2) is 24.2 Å². The maximum absolute atomic E-state index is 10.9. The zero-order valence-electron chi connectivity index (χ0n) is 7.14. The van der Waals surface area contributed by atoms with Crippen LogP contribution in [0, 0.1) is 0 Å². The van der Waals surface area contributed by atoms with Gasteiger partial charge in [0.1, 0.15) is 12.1 Å². The second-order valence-corrected chi connectivity index (χ2v) is 3.49. The normalized spacial score (nSPS) is 15.0. The summed E-state index contributed by atoms with van der Waals surface area (Å²) in [6.45, 7) is 0. The van der Waals surface area contributed by atoms with Crippen LogP contribution in [-0.2, 0) is 9.53 Å². The number of aliphatic hydroxyl groups excluding tert-OH is 1. The minimum absolute atomic E-state index is 0.610. The summed E-state index contributed by atoms with van der Waals surface area (Å²) in [6, 6.07) is 2.49. The van der Waals surface area contributed by atoms with Crippen molar-refractivity contribution in [3.63, 3.8) is 0 Å². The molecule has 0 saturated carbocycles. The maximum Gasteiger partial charge on any atom is 0.325 e. The van der Waals surface area contributed by atoms with E-state index >= 15 is 0 Å². The fourth-order valence-corrected chi connectivity index (χ4v) is 1.66. The number of hydrogen-bond donors (Lipinski definition) is 2. The Morgan fingerprint density at radius 1 is 1.77 bits per heavy atom. The second-order valence-electron chi connectivity index (χ2n) is 2.51. The van der Waals surface area contributed by atoms with Gasteiger partial charge >= 0.3 is 5.97 Å². The van der Waals surface area contributed by atoms with Crippen LogP contribution in [0.15, 0.2) is 17.5 Å². The van der Waals surface area contributed by atoms with Crippen molar-refractivity contribution in [3.05, 3.63) is 22.4 Å². The molecule has 0 aromatic carbocycles. The predicted molar refractivity (Wildman–Crippen MR) is 49.3 cm³/mol. The first kappa shape index (κ1) is 10.2. The quantitative estimate of drug-likeness (QED) is 0.689. The molecule has 0 amide bonds. The van der Waals surface area contributed by atoms with E-state index in [2.05, 4.69) is 4.74 Å². The number of carbonyl (C=O) groups excluding carboxylic acids is 1. The highest BCUT2D eigenvalue weighted by molar-refractivity contribution is 7.10. The number of nitrogens with two attached hydrogens (primary N) is 1. The Bertz CT molecular complexity index is 273. The average molecular weight is 201 g/mol. The van der Waals surface area contributed by atoms with E-state index in [1.807, 2.05) is 5.38 Å². The first-order valence-corrected chi connectivity index (χ1v) is 4.59. The molecular weight excluding hydrogens is 190 g/mol. The van der Waals surface area contributed by atoms with Gasteiger partial charge in [0.2, 0.25) is 0 Å². The standard InChI is InChI=1S/C8H11NO3S/c1-12-8(11)6(9)7(10)5-3-2-4-13-5/h2-4,6-7,10H,9H2,1H3/t6-,7-/m1/s1. The Kier molecular flexibility index (Phi) is 3.41. The van der Waals surface area contributed by atoms with Crippen LogP contribution in [0.4, 0.5) is 0 Å². The van der Waals surface area contributed by atoms with Gasteiger partial charge in [0, 0.05) is 4.88 Å². The zero-order valence-corrected chi connectivity index (χ0v) is 7.95. The molecule has 2 atom stereocenters. The molecule has 0 fully saturated rings. The molecule has 0 aliphatic heterocycles. The van der Waals surface area contributed by atoms with E-state index in [1.54, 1.807) is 12.1 Å². The van der Waals surface area contributed by atoms with Crippen molar-refractivity contribution < 1.29 is 14.6 Å². The lowest BCUT2D eigenvalue weighted by molar-refractivity contribution is -0.144. The van der Waals surface area contributed by atoms with Crippen LogP contribution >= 0.6 is 11.3 Å². The van der Waals surface area contributed by atoms with E-state index in [1.165, 1.54) is 18.4 Å².